The molecule has 0 atom stereocenters. The summed E-state index contributed by atoms with van der Waals surface area (Å²) in [5.41, 5.74) is 0. The number of thioether (sulfide) groups is 1. The van der Waals surface area contributed by atoms with Gasteiger partial charge in [-0.25, -0.2) is 0 Å². The van der Waals surface area contributed by atoms with Gasteiger partial charge in [-0.15, -0.1) is 11.8 Å². The highest BCUT2D eigenvalue weighted by Crippen LogP contribution is 2.08. The van der Waals surface area contributed by atoms with Gasteiger partial charge in [-0.05, 0) is 33.0 Å². The average Bonchev–Trinajstić information content (AvgIpc) is 2.21. The lowest BCUT2D eigenvalue weighted by molar-refractivity contribution is -0.133. The largest absolute Gasteiger partial charge is 0.481 e. The first-order valence-electron chi connectivity index (χ1n) is 5.35. The summed E-state index contributed by atoms with van der Waals surface area (Å²) in [7, 11) is 2.07. The fraction of sp³-hybridized carbons (Fsp3) is 0.800. The van der Waals surface area contributed by atoms with Gasteiger partial charge in [-0.2, -0.15) is 0 Å². The van der Waals surface area contributed by atoms with E-state index in [4.69, 9.17) is 5.11 Å². The number of piperidine rings is 1. The molecule has 1 rings (SSSR count). The molecule has 0 aromatic heterocycles. The summed E-state index contributed by atoms with van der Waals surface area (Å²) in [6.45, 7) is 2.01. The molecule has 1 amide bonds. The van der Waals surface area contributed by atoms with Crippen LogP contribution in [0.15, 0.2) is 0 Å². The van der Waals surface area contributed by atoms with Crippen LogP contribution in [0.5, 0.6) is 0 Å². The van der Waals surface area contributed by atoms with Crippen LogP contribution in [0, 0.1) is 0 Å². The SMILES string of the molecule is CN1CCC(NC(=O)CSCC(=O)O)CC1. The van der Waals surface area contributed by atoms with Crippen molar-refractivity contribution in [3.05, 3.63) is 0 Å². The molecular weight excluding hydrogens is 228 g/mol. The molecule has 92 valence electrons. The van der Waals surface area contributed by atoms with E-state index in [2.05, 4.69) is 17.3 Å². The van der Waals surface area contributed by atoms with E-state index in [-0.39, 0.29) is 23.5 Å². The Morgan fingerprint density at radius 2 is 2.00 bits per heavy atom. The lowest BCUT2D eigenvalue weighted by Crippen LogP contribution is -2.44. The second-order valence-electron chi connectivity index (χ2n) is 4.03. The van der Waals surface area contributed by atoms with Crippen LogP contribution in [0.1, 0.15) is 12.8 Å². The van der Waals surface area contributed by atoms with Crippen molar-refractivity contribution in [1.82, 2.24) is 10.2 Å². The molecule has 0 aliphatic carbocycles. The summed E-state index contributed by atoms with van der Waals surface area (Å²) in [5.74, 6) is -0.711. The van der Waals surface area contributed by atoms with Crippen LogP contribution in [0.3, 0.4) is 0 Å². The maximum atomic E-state index is 11.4. The number of hydrogen-bond acceptors (Lipinski definition) is 4. The summed E-state index contributed by atoms with van der Waals surface area (Å²) in [6.07, 6.45) is 1.96. The zero-order valence-corrected chi connectivity index (χ0v) is 10.3. The summed E-state index contributed by atoms with van der Waals surface area (Å²) in [4.78, 5) is 23.9. The van der Waals surface area contributed by atoms with Crippen LogP contribution in [0.2, 0.25) is 0 Å². The third-order valence-corrected chi connectivity index (χ3v) is 3.46. The Morgan fingerprint density at radius 1 is 1.38 bits per heavy atom. The van der Waals surface area contributed by atoms with E-state index < -0.39 is 5.97 Å². The van der Waals surface area contributed by atoms with Gasteiger partial charge in [0.2, 0.25) is 5.91 Å². The van der Waals surface area contributed by atoms with Gasteiger partial charge >= 0.3 is 5.97 Å². The first kappa shape index (κ1) is 13.3. The van der Waals surface area contributed by atoms with Crippen LogP contribution in [0.4, 0.5) is 0 Å². The Hall–Kier alpha value is -0.750. The van der Waals surface area contributed by atoms with Crippen LogP contribution < -0.4 is 5.32 Å². The number of rotatable bonds is 5. The predicted molar refractivity (Wildman–Crippen MR) is 63.6 cm³/mol. The molecule has 16 heavy (non-hydrogen) atoms. The minimum absolute atomic E-state index is 0.0131. The van der Waals surface area contributed by atoms with Gasteiger partial charge in [0.1, 0.15) is 0 Å². The van der Waals surface area contributed by atoms with Crippen LogP contribution in [0.25, 0.3) is 0 Å². The third kappa shape index (κ3) is 5.37. The summed E-state index contributed by atoms with van der Waals surface area (Å²) < 4.78 is 0. The number of likely N-dealkylation sites (tertiary alicyclic amines) is 1. The maximum Gasteiger partial charge on any atom is 0.313 e. The number of carboxylic acids is 1. The number of amides is 1. The second-order valence-corrected chi connectivity index (χ2v) is 5.02. The van der Waals surface area contributed by atoms with Crippen LogP contribution in [-0.2, 0) is 9.59 Å². The molecule has 1 fully saturated rings. The lowest BCUT2D eigenvalue weighted by Gasteiger charge is -2.29. The Morgan fingerprint density at radius 3 is 2.56 bits per heavy atom. The molecule has 0 radical (unpaired) electrons. The van der Waals surface area contributed by atoms with E-state index in [0.717, 1.165) is 37.7 Å². The minimum atomic E-state index is -0.878. The quantitative estimate of drug-likeness (QED) is 0.715. The molecule has 1 aliphatic heterocycles. The van der Waals surface area contributed by atoms with Crippen molar-refractivity contribution in [2.75, 3.05) is 31.6 Å². The fourth-order valence-corrected chi connectivity index (χ4v) is 2.20. The summed E-state index contributed by atoms with van der Waals surface area (Å²) >= 11 is 1.14. The number of nitrogens with one attached hydrogen (secondary N) is 1. The molecule has 6 heteroatoms. The van der Waals surface area contributed by atoms with Crippen molar-refractivity contribution >= 4 is 23.6 Å². The highest BCUT2D eigenvalue weighted by molar-refractivity contribution is 8.00. The van der Waals surface area contributed by atoms with Gasteiger partial charge in [-0.3, -0.25) is 9.59 Å². The van der Waals surface area contributed by atoms with Crippen molar-refractivity contribution in [2.24, 2.45) is 0 Å². The molecular formula is C10H18N2O3S. The van der Waals surface area contributed by atoms with E-state index in [1.807, 2.05) is 0 Å². The smallest absolute Gasteiger partial charge is 0.313 e. The number of carboxylic acid groups (broad SMARTS) is 1. The van der Waals surface area contributed by atoms with Crippen molar-refractivity contribution in [1.29, 1.82) is 0 Å². The molecule has 5 nitrogen and oxygen atoms in total. The number of carbonyl (C=O) groups excluding carboxylic acids is 1. The molecule has 0 unspecified atom stereocenters. The average molecular weight is 246 g/mol. The van der Waals surface area contributed by atoms with E-state index in [9.17, 15) is 9.59 Å². The second kappa shape index (κ2) is 6.75. The molecule has 0 saturated carbocycles. The lowest BCUT2D eigenvalue weighted by atomic mass is 10.1. The number of aliphatic carboxylic acids is 1. The van der Waals surface area contributed by atoms with E-state index in [0.29, 0.717) is 0 Å². The van der Waals surface area contributed by atoms with Gasteiger partial charge in [0.05, 0.1) is 11.5 Å². The van der Waals surface area contributed by atoms with Gasteiger partial charge in [-0.1, -0.05) is 0 Å². The van der Waals surface area contributed by atoms with E-state index in [1.54, 1.807) is 0 Å². The van der Waals surface area contributed by atoms with Gasteiger partial charge < -0.3 is 15.3 Å². The van der Waals surface area contributed by atoms with Gasteiger partial charge in [0, 0.05) is 6.04 Å². The minimum Gasteiger partial charge on any atom is -0.481 e. The third-order valence-electron chi connectivity index (χ3n) is 2.54. The Bertz CT molecular complexity index is 252. The Labute approximate surface area is 99.6 Å². The molecule has 1 heterocycles. The molecule has 1 saturated heterocycles. The topological polar surface area (TPSA) is 69.6 Å². The Balaban J connectivity index is 2.11. The number of nitrogens with zero attached hydrogens (tertiary/aromatic N) is 1. The van der Waals surface area contributed by atoms with Gasteiger partial charge in [0.15, 0.2) is 0 Å². The molecule has 2 N–H and O–H groups in total. The maximum absolute atomic E-state index is 11.4. The van der Waals surface area contributed by atoms with Gasteiger partial charge in [0.25, 0.3) is 0 Å². The summed E-state index contributed by atoms with van der Waals surface area (Å²) in [5, 5.41) is 11.4. The van der Waals surface area contributed by atoms with E-state index in [1.165, 1.54) is 0 Å². The first-order valence-corrected chi connectivity index (χ1v) is 6.51. The molecule has 0 aromatic carbocycles. The first-order chi connectivity index (χ1) is 7.58. The van der Waals surface area contributed by atoms with Crippen molar-refractivity contribution < 1.29 is 14.7 Å². The molecule has 0 aromatic rings. The normalized spacial score (nSPS) is 18.3. The van der Waals surface area contributed by atoms with Crippen LogP contribution >= 0.6 is 11.8 Å². The zero-order valence-electron chi connectivity index (χ0n) is 9.44. The fourth-order valence-electron chi connectivity index (χ4n) is 1.65. The molecule has 1 aliphatic rings. The molecule has 0 spiro atoms. The van der Waals surface area contributed by atoms with Crippen molar-refractivity contribution in [3.63, 3.8) is 0 Å². The highest BCUT2D eigenvalue weighted by Gasteiger charge is 2.18. The highest BCUT2D eigenvalue weighted by atomic mass is 32.2. The summed E-state index contributed by atoms with van der Waals surface area (Å²) in [6, 6.07) is 0.258. The molecule has 0 bridgehead atoms. The number of carbonyl (C=O) groups is 2. The van der Waals surface area contributed by atoms with Crippen molar-refractivity contribution in [3.8, 4) is 0 Å². The monoisotopic (exact) mass is 246 g/mol. The number of hydrogen-bond donors (Lipinski definition) is 2. The standard InChI is InChI=1S/C10H18N2O3S/c1-12-4-2-8(3-5-12)11-9(13)6-16-7-10(14)15/h8H,2-7H2,1H3,(H,11,13)(H,14,15). The van der Waals surface area contributed by atoms with Crippen LogP contribution in [-0.4, -0.2) is 59.6 Å². The Kier molecular flexibility index (Phi) is 5.62. The predicted octanol–water partition coefficient (Wildman–Crippen LogP) is 0.0146. The van der Waals surface area contributed by atoms with E-state index >= 15 is 0 Å². The van der Waals surface area contributed by atoms with Crippen molar-refractivity contribution in [2.45, 2.75) is 18.9 Å². The zero-order chi connectivity index (χ0) is 12.0.